The molecule has 1 aromatic carbocycles. The average Bonchev–Trinajstić information content (AvgIpc) is 2.30. The van der Waals surface area contributed by atoms with Gasteiger partial charge in [0.05, 0.1) is 0 Å². The fraction of sp³-hybridized carbons (Fsp3) is 0.0769. The number of pyridine rings is 1. The number of hydrogen-bond donors (Lipinski definition) is 0. The Bertz CT molecular complexity index is 523. The van der Waals surface area contributed by atoms with Gasteiger partial charge in [0.15, 0.2) is 5.78 Å². The van der Waals surface area contributed by atoms with Crippen molar-refractivity contribution in [3.63, 3.8) is 0 Å². The van der Waals surface area contributed by atoms with Gasteiger partial charge in [0.1, 0.15) is 5.82 Å². The van der Waals surface area contributed by atoms with Crippen molar-refractivity contribution < 1.29 is 9.18 Å². The van der Waals surface area contributed by atoms with Gasteiger partial charge in [-0.1, -0.05) is 12.1 Å². The lowest BCUT2D eigenvalue weighted by Gasteiger charge is -2.06. The van der Waals surface area contributed by atoms with Crippen LogP contribution in [-0.4, -0.2) is 10.8 Å². The number of nitrogens with zero attached hydrogens (tertiary/aromatic N) is 1. The molecule has 0 bridgehead atoms. The second-order valence-corrected chi connectivity index (χ2v) is 3.49. The molecule has 1 aromatic heterocycles. The SMILES string of the molecule is CC(=O)c1cc(F)ccc1-c1cccnc1. The zero-order valence-electron chi connectivity index (χ0n) is 8.77. The number of carbonyl (C=O) groups excluding carboxylic acids is 1. The molecule has 80 valence electrons. The van der Waals surface area contributed by atoms with Crippen LogP contribution in [0.1, 0.15) is 17.3 Å². The largest absolute Gasteiger partial charge is 0.294 e. The Morgan fingerprint density at radius 2 is 2.12 bits per heavy atom. The van der Waals surface area contributed by atoms with Gasteiger partial charge >= 0.3 is 0 Å². The predicted octanol–water partition coefficient (Wildman–Crippen LogP) is 3.09. The molecule has 0 saturated carbocycles. The Labute approximate surface area is 92.8 Å². The van der Waals surface area contributed by atoms with E-state index >= 15 is 0 Å². The molecule has 3 heteroatoms. The summed E-state index contributed by atoms with van der Waals surface area (Å²) in [6.45, 7) is 1.43. The van der Waals surface area contributed by atoms with Crippen LogP contribution in [0.2, 0.25) is 0 Å². The molecule has 2 rings (SSSR count). The fourth-order valence-electron chi connectivity index (χ4n) is 1.58. The number of benzene rings is 1. The third-order valence-electron chi connectivity index (χ3n) is 2.33. The number of carbonyl (C=O) groups is 1. The van der Waals surface area contributed by atoms with Crippen LogP contribution in [0, 0.1) is 5.82 Å². The van der Waals surface area contributed by atoms with Crippen molar-refractivity contribution in [3.8, 4) is 11.1 Å². The van der Waals surface area contributed by atoms with E-state index in [2.05, 4.69) is 4.98 Å². The van der Waals surface area contributed by atoms with Crippen LogP contribution in [0.5, 0.6) is 0 Å². The molecule has 0 aliphatic rings. The Morgan fingerprint density at radius 1 is 1.31 bits per heavy atom. The molecule has 2 nitrogen and oxygen atoms in total. The summed E-state index contributed by atoms with van der Waals surface area (Å²) in [5.41, 5.74) is 1.91. The second-order valence-electron chi connectivity index (χ2n) is 3.49. The van der Waals surface area contributed by atoms with Gasteiger partial charge in [-0.3, -0.25) is 9.78 Å². The smallest absolute Gasteiger partial charge is 0.160 e. The minimum atomic E-state index is -0.405. The second kappa shape index (κ2) is 4.23. The minimum Gasteiger partial charge on any atom is -0.294 e. The highest BCUT2D eigenvalue weighted by atomic mass is 19.1. The van der Waals surface area contributed by atoms with Crippen LogP contribution >= 0.6 is 0 Å². The van der Waals surface area contributed by atoms with E-state index in [0.29, 0.717) is 11.1 Å². The Kier molecular flexibility index (Phi) is 2.77. The maximum atomic E-state index is 13.1. The summed E-state index contributed by atoms with van der Waals surface area (Å²) in [6, 6.07) is 7.82. The molecule has 0 spiro atoms. The van der Waals surface area contributed by atoms with Gasteiger partial charge in [0, 0.05) is 23.5 Å². The summed E-state index contributed by atoms with van der Waals surface area (Å²) >= 11 is 0. The summed E-state index contributed by atoms with van der Waals surface area (Å²) in [6.07, 6.45) is 3.31. The lowest BCUT2D eigenvalue weighted by molar-refractivity contribution is 0.101. The van der Waals surface area contributed by atoms with Crippen molar-refractivity contribution >= 4 is 5.78 Å². The predicted molar refractivity (Wildman–Crippen MR) is 59.6 cm³/mol. The summed E-state index contributed by atoms with van der Waals surface area (Å²) in [4.78, 5) is 15.4. The average molecular weight is 215 g/mol. The quantitative estimate of drug-likeness (QED) is 0.720. The molecule has 0 radical (unpaired) electrons. The maximum absolute atomic E-state index is 13.1. The standard InChI is InChI=1S/C13H10FNO/c1-9(16)13-7-11(14)4-5-12(13)10-3-2-6-15-8-10/h2-8H,1H3. The van der Waals surface area contributed by atoms with Gasteiger partial charge in [-0.05, 0) is 30.7 Å². The summed E-state index contributed by atoms with van der Waals surface area (Å²) in [7, 11) is 0. The van der Waals surface area contributed by atoms with E-state index < -0.39 is 5.82 Å². The van der Waals surface area contributed by atoms with Gasteiger partial charge in [-0.25, -0.2) is 4.39 Å². The lowest BCUT2D eigenvalue weighted by Crippen LogP contribution is -1.97. The summed E-state index contributed by atoms with van der Waals surface area (Å²) in [5.74, 6) is -0.559. The first-order valence-corrected chi connectivity index (χ1v) is 4.89. The van der Waals surface area contributed by atoms with Crippen molar-refractivity contribution in [2.24, 2.45) is 0 Å². The zero-order chi connectivity index (χ0) is 11.5. The first-order chi connectivity index (χ1) is 7.68. The van der Waals surface area contributed by atoms with E-state index in [1.165, 1.54) is 19.1 Å². The van der Waals surface area contributed by atoms with Crippen LogP contribution in [0.25, 0.3) is 11.1 Å². The zero-order valence-corrected chi connectivity index (χ0v) is 8.77. The minimum absolute atomic E-state index is 0.154. The third kappa shape index (κ3) is 1.98. The molecule has 0 aliphatic carbocycles. The fourth-order valence-corrected chi connectivity index (χ4v) is 1.58. The number of hydrogen-bond acceptors (Lipinski definition) is 2. The molecule has 1 heterocycles. The molecule has 0 atom stereocenters. The van der Waals surface area contributed by atoms with Crippen molar-refractivity contribution in [1.29, 1.82) is 0 Å². The molecular weight excluding hydrogens is 205 g/mol. The number of rotatable bonds is 2. The topological polar surface area (TPSA) is 30.0 Å². The summed E-state index contributed by atoms with van der Waals surface area (Å²) < 4.78 is 13.1. The van der Waals surface area contributed by atoms with Crippen molar-refractivity contribution in [2.45, 2.75) is 6.92 Å². The number of halogens is 1. The molecule has 0 saturated heterocycles. The van der Waals surface area contributed by atoms with Crippen LogP contribution < -0.4 is 0 Å². The summed E-state index contributed by atoms with van der Waals surface area (Å²) in [5, 5.41) is 0. The number of Topliss-reactive ketones (excluding diaryl/α,β-unsaturated/α-hetero) is 1. The number of ketones is 1. The maximum Gasteiger partial charge on any atom is 0.160 e. The van der Waals surface area contributed by atoms with Gasteiger partial charge < -0.3 is 0 Å². The van der Waals surface area contributed by atoms with Crippen molar-refractivity contribution in [2.75, 3.05) is 0 Å². The number of aromatic nitrogens is 1. The van der Waals surface area contributed by atoms with Crippen LogP contribution in [0.4, 0.5) is 4.39 Å². The van der Waals surface area contributed by atoms with Gasteiger partial charge in [0.2, 0.25) is 0 Å². The molecule has 0 N–H and O–H groups in total. The van der Waals surface area contributed by atoms with E-state index in [1.54, 1.807) is 24.5 Å². The van der Waals surface area contributed by atoms with Crippen molar-refractivity contribution in [1.82, 2.24) is 4.98 Å². The van der Waals surface area contributed by atoms with Gasteiger partial charge in [-0.2, -0.15) is 0 Å². The lowest BCUT2D eigenvalue weighted by atomic mass is 9.99. The first kappa shape index (κ1) is 10.5. The molecule has 0 fully saturated rings. The van der Waals surface area contributed by atoms with E-state index in [9.17, 15) is 9.18 Å². The molecular formula is C13H10FNO. The van der Waals surface area contributed by atoms with E-state index in [-0.39, 0.29) is 5.78 Å². The van der Waals surface area contributed by atoms with Gasteiger partial charge in [0.25, 0.3) is 0 Å². The highest BCUT2D eigenvalue weighted by Gasteiger charge is 2.10. The Balaban J connectivity index is 2.61. The van der Waals surface area contributed by atoms with E-state index in [0.717, 1.165) is 5.56 Å². The highest BCUT2D eigenvalue weighted by Crippen LogP contribution is 2.24. The highest BCUT2D eigenvalue weighted by molar-refractivity contribution is 6.00. The van der Waals surface area contributed by atoms with Crippen LogP contribution in [-0.2, 0) is 0 Å². The third-order valence-corrected chi connectivity index (χ3v) is 2.33. The normalized spacial score (nSPS) is 10.1. The van der Waals surface area contributed by atoms with Crippen LogP contribution in [0.3, 0.4) is 0 Å². The van der Waals surface area contributed by atoms with E-state index in [1.807, 2.05) is 6.07 Å². The first-order valence-electron chi connectivity index (χ1n) is 4.89. The molecule has 0 aliphatic heterocycles. The molecule has 16 heavy (non-hydrogen) atoms. The van der Waals surface area contributed by atoms with E-state index in [4.69, 9.17) is 0 Å². The molecule has 0 amide bonds. The van der Waals surface area contributed by atoms with Gasteiger partial charge in [-0.15, -0.1) is 0 Å². The molecule has 0 unspecified atom stereocenters. The Morgan fingerprint density at radius 3 is 2.75 bits per heavy atom. The Hall–Kier alpha value is -2.03. The van der Waals surface area contributed by atoms with Crippen LogP contribution in [0.15, 0.2) is 42.7 Å². The van der Waals surface area contributed by atoms with Crippen molar-refractivity contribution in [3.05, 3.63) is 54.1 Å². The molecule has 2 aromatic rings. The monoisotopic (exact) mass is 215 g/mol.